The van der Waals surface area contributed by atoms with Crippen molar-refractivity contribution in [2.75, 3.05) is 0 Å². The molecule has 0 spiro atoms. The van der Waals surface area contributed by atoms with Gasteiger partial charge in [-0.25, -0.2) is 0 Å². The molecule has 2 heterocycles. The number of hydrogen-bond donors (Lipinski definition) is 0. The number of aromatic nitrogens is 2. The zero-order valence-corrected chi connectivity index (χ0v) is 14.6. The Labute approximate surface area is 154 Å². The summed E-state index contributed by atoms with van der Waals surface area (Å²) in [6.07, 6.45) is 6.16. The van der Waals surface area contributed by atoms with E-state index < -0.39 is 4.92 Å². The molecule has 0 aliphatic heterocycles. The first kappa shape index (κ1) is 18.1. The number of carbonyl (C=O) groups excluding carboxylic acids is 1. The highest BCUT2D eigenvalue weighted by Crippen LogP contribution is 2.26. The second-order valence-electron chi connectivity index (χ2n) is 5.60. The van der Waals surface area contributed by atoms with Crippen molar-refractivity contribution in [2.45, 2.75) is 20.1 Å². The fraction of sp³-hybridized carbons (Fsp3) is 0.158. The quantitative estimate of drug-likeness (QED) is 0.259. The third kappa shape index (κ3) is 4.49. The Bertz CT molecular complexity index is 987. The van der Waals surface area contributed by atoms with E-state index in [2.05, 4.69) is 5.10 Å². The number of aryl methyl sites for hydroxylation is 1. The average Bonchev–Trinajstić information content (AvgIpc) is 3.34. The first-order chi connectivity index (χ1) is 13.1. The van der Waals surface area contributed by atoms with E-state index in [1.54, 1.807) is 41.2 Å². The Morgan fingerprint density at radius 3 is 2.89 bits per heavy atom. The molecule has 1 aromatic carbocycles. The number of carbonyl (C=O) groups is 1. The van der Waals surface area contributed by atoms with E-state index in [4.69, 9.17) is 9.15 Å². The molecule has 0 unspecified atom stereocenters. The van der Waals surface area contributed by atoms with Crippen LogP contribution in [-0.2, 0) is 13.2 Å². The highest BCUT2D eigenvalue weighted by Gasteiger charge is 2.14. The molecule has 0 aliphatic rings. The summed E-state index contributed by atoms with van der Waals surface area (Å²) in [6.45, 7) is 2.67. The van der Waals surface area contributed by atoms with E-state index in [1.807, 2.05) is 6.92 Å². The van der Waals surface area contributed by atoms with Crippen LogP contribution in [0.1, 0.15) is 28.8 Å². The van der Waals surface area contributed by atoms with E-state index in [-0.39, 0.29) is 23.8 Å². The summed E-state index contributed by atoms with van der Waals surface area (Å²) in [5.41, 5.74) is 0.391. The Balaban J connectivity index is 1.62. The Hall–Kier alpha value is -3.68. The lowest BCUT2D eigenvalue weighted by atomic mass is 10.2. The number of hydrogen-bond acceptors (Lipinski definition) is 6. The van der Waals surface area contributed by atoms with Crippen molar-refractivity contribution in [1.82, 2.24) is 9.78 Å². The molecule has 2 aromatic heterocycles. The number of para-hydroxylation sites is 2. The predicted molar refractivity (Wildman–Crippen MR) is 97.4 cm³/mol. The first-order valence-electron chi connectivity index (χ1n) is 8.26. The van der Waals surface area contributed by atoms with Crippen LogP contribution in [0, 0.1) is 10.1 Å². The van der Waals surface area contributed by atoms with Crippen LogP contribution in [-0.4, -0.2) is 20.5 Å². The fourth-order valence-corrected chi connectivity index (χ4v) is 2.36. The van der Waals surface area contributed by atoms with Gasteiger partial charge in [0.15, 0.2) is 11.5 Å². The monoisotopic (exact) mass is 367 g/mol. The summed E-state index contributed by atoms with van der Waals surface area (Å²) < 4.78 is 12.7. The maximum absolute atomic E-state index is 12.1. The minimum atomic E-state index is -0.502. The summed E-state index contributed by atoms with van der Waals surface area (Å²) in [5.74, 6) is 0.953. The SMILES string of the molecule is CCn1cc(C(=O)/C=C/c2ccc(COc3ccccc3[N+](=O)[O-])o2)cn1. The Kier molecular flexibility index (Phi) is 5.46. The van der Waals surface area contributed by atoms with Crippen molar-refractivity contribution in [2.24, 2.45) is 0 Å². The minimum absolute atomic E-state index is 0.0376. The molecule has 0 saturated heterocycles. The number of furan rings is 1. The van der Waals surface area contributed by atoms with Crippen LogP contribution in [0.25, 0.3) is 6.08 Å². The van der Waals surface area contributed by atoms with Crippen LogP contribution in [0.4, 0.5) is 5.69 Å². The lowest BCUT2D eigenvalue weighted by Crippen LogP contribution is -1.97. The predicted octanol–water partition coefficient (Wildman–Crippen LogP) is 3.88. The number of nitro benzene ring substituents is 1. The van der Waals surface area contributed by atoms with Crippen molar-refractivity contribution < 1.29 is 18.9 Å². The maximum Gasteiger partial charge on any atom is 0.310 e. The summed E-state index contributed by atoms with van der Waals surface area (Å²) in [5, 5.41) is 15.0. The lowest BCUT2D eigenvalue weighted by Gasteiger charge is -2.04. The number of benzene rings is 1. The summed E-state index contributed by atoms with van der Waals surface area (Å²) in [7, 11) is 0. The van der Waals surface area contributed by atoms with Gasteiger partial charge < -0.3 is 9.15 Å². The van der Waals surface area contributed by atoms with E-state index in [9.17, 15) is 14.9 Å². The topological polar surface area (TPSA) is 100 Å². The van der Waals surface area contributed by atoms with E-state index in [1.165, 1.54) is 24.4 Å². The average molecular weight is 367 g/mol. The van der Waals surface area contributed by atoms with Gasteiger partial charge in [-0.05, 0) is 37.3 Å². The molecule has 0 N–H and O–H groups in total. The zero-order chi connectivity index (χ0) is 19.2. The Morgan fingerprint density at radius 2 is 2.15 bits per heavy atom. The standard InChI is InChI=1S/C19H17N3O5/c1-2-21-12-14(11-20-21)18(23)10-9-15-7-8-16(27-15)13-26-19-6-4-3-5-17(19)22(24)25/h3-12H,2,13H2,1H3/b10-9+. The number of ether oxygens (including phenoxy) is 1. The number of rotatable bonds is 8. The van der Waals surface area contributed by atoms with Crippen molar-refractivity contribution in [1.29, 1.82) is 0 Å². The highest BCUT2D eigenvalue weighted by molar-refractivity contribution is 6.06. The third-order valence-corrected chi connectivity index (χ3v) is 3.76. The number of nitrogens with zero attached hydrogens (tertiary/aromatic N) is 3. The zero-order valence-electron chi connectivity index (χ0n) is 14.6. The smallest absolute Gasteiger partial charge is 0.310 e. The van der Waals surface area contributed by atoms with E-state index in [0.717, 1.165) is 0 Å². The van der Waals surface area contributed by atoms with Gasteiger partial charge in [-0.3, -0.25) is 19.6 Å². The summed E-state index contributed by atoms with van der Waals surface area (Å²) in [6, 6.07) is 9.51. The van der Waals surface area contributed by atoms with Crippen molar-refractivity contribution in [3.63, 3.8) is 0 Å². The second kappa shape index (κ2) is 8.13. The van der Waals surface area contributed by atoms with Crippen LogP contribution in [0.5, 0.6) is 5.75 Å². The van der Waals surface area contributed by atoms with Crippen LogP contribution >= 0.6 is 0 Å². The molecule has 0 fully saturated rings. The van der Waals surface area contributed by atoms with Crippen LogP contribution < -0.4 is 4.74 Å². The van der Waals surface area contributed by atoms with Crippen molar-refractivity contribution in [3.8, 4) is 5.75 Å². The van der Waals surface area contributed by atoms with Crippen molar-refractivity contribution >= 4 is 17.5 Å². The highest BCUT2D eigenvalue weighted by atomic mass is 16.6. The van der Waals surface area contributed by atoms with Crippen LogP contribution in [0.3, 0.4) is 0 Å². The molecule has 27 heavy (non-hydrogen) atoms. The molecule has 0 aliphatic carbocycles. The molecular formula is C19H17N3O5. The van der Waals surface area contributed by atoms with E-state index >= 15 is 0 Å². The van der Waals surface area contributed by atoms with Gasteiger partial charge in [-0.2, -0.15) is 5.10 Å². The number of nitro groups is 1. The molecule has 0 amide bonds. The molecule has 8 heteroatoms. The Morgan fingerprint density at radius 1 is 1.33 bits per heavy atom. The van der Waals surface area contributed by atoms with Crippen LogP contribution in [0.2, 0.25) is 0 Å². The minimum Gasteiger partial charge on any atom is -0.479 e. The van der Waals surface area contributed by atoms with Crippen molar-refractivity contribution in [3.05, 3.63) is 82.1 Å². The van der Waals surface area contributed by atoms with Gasteiger partial charge >= 0.3 is 5.69 Å². The molecule has 0 atom stereocenters. The van der Waals surface area contributed by atoms with Gasteiger partial charge in [-0.1, -0.05) is 12.1 Å². The number of allylic oxidation sites excluding steroid dienone is 1. The lowest BCUT2D eigenvalue weighted by molar-refractivity contribution is -0.386. The van der Waals surface area contributed by atoms with Gasteiger partial charge in [-0.15, -0.1) is 0 Å². The second-order valence-corrected chi connectivity index (χ2v) is 5.60. The molecule has 138 valence electrons. The normalized spacial score (nSPS) is 11.0. The van der Waals surface area contributed by atoms with Gasteiger partial charge in [0.2, 0.25) is 0 Å². The third-order valence-electron chi connectivity index (χ3n) is 3.76. The van der Waals surface area contributed by atoms with Gasteiger partial charge in [0.05, 0.1) is 16.7 Å². The maximum atomic E-state index is 12.1. The number of ketones is 1. The van der Waals surface area contributed by atoms with Gasteiger partial charge in [0.1, 0.15) is 18.1 Å². The summed E-state index contributed by atoms with van der Waals surface area (Å²) >= 11 is 0. The fourth-order valence-electron chi connectivity index (χ4n) is 2.36. The summed E-state index contributed by atoms with van der Waals surface area (Å²) in [4.78, 5) is 22.6. The van der Waals surface area contributed by atoms with Gasteiger partial charge in [0, 0.05) is 18.8 Å². The van der Waals surface area contributed by atoms with Gasteiger partial charge in [0.25, 0.3) is 0 Å². The molecular weight excluding hydrogens is 350 g/mol. The molecule has 0 bridgehead atoms. The molecule has 0 radical (unpaired) electrons. The van der Waals surface area contributed by atoms with E-state index in [0.29, 0.717) is 23.6 Å². The first-order valence-corrected chi connectivity index (χ1v) is 8.26. The molecule has 3 aromatic rings. The largest absolute Gasteiger partial charge is 0.479 e. The molecule has 8 nitrogen and oxygen atoms in total. The van der Waals surface area contributed by atoms with Crippen LogP contribution in [0.15, 0.2) is 59.3 Å². The molecule has 0 saturated carbocycles. The molecule has 3 rings (SSSR count).